The zero-order valence-electron chi connectivity index (χ0n) is 36.4. The molecule has 57 heavy (non-hydrogen) atoms. The van der Waals surface area contributed by atoms with Crippen LogP contribution in [0.25, 0.3) is 0 Å². The predicted octanol–water partition coefficient (Wildman–Crippen LogP) is 4.06. The van der Waals surface area contributed by atoms with E-state index in [1.807, 2.05) is 0 Å². The van der Waals surface area contributed by atoms with E-state index in [4.69, 9.17) is 18.9 Å². The van der Waals surface area contributed by atoms with E-state index in [1.165, 1.54) is 25.5 Å². The fourth-order valence-electron chi connectivity index (χ4n) is 13.7. The maximum atomic E-state index is 12.7. The number of ether oxygens (including phenoxy) is 4. The smallest absolute Gasteiger partial charge is 0.305 e. The largest absolute Gasteiger partial charge is 0.469 e. The summed E-state index contributed by atoms with van der Waals surface area (Å²) >= 11 is 0. The maximum absolute atomic E-state index is 12.7. The zero-order chi connectivity index (χ0) is 40.4. The average molecular weight is 797 g/mol. The average Bonchev–Trinajstić information content (AvgIpc) is 3.97. The van der Waals surface area contributed by atoms with Crippen LogP contribution in [-0.2, 0) is 30.3 Å². The molecule has 5 saturated heterocycles. The highest BCUT2D eigenvalue weighted by Crippen LogP contribution is 2.52. The Morgan fingerprint density at radius 2 is 1.30 bits per heavy atom. The quantitative estimate of drug-likeness (QED) is 0.101. The summed E-state index contributed by atoms with van der Waals surface area (Å²) in [6.45, 7) is 18.4. The normalized spacial score (nSPS) is 43.8. The van der Waals surface area contributed by atoms with Crippen molar-refractivity contribution in [3.63, 3.8) is 0 Å². The number of fused-ring (bicyclic) bond motifs is 8. The fourth-order valence-corrected chi connectivity index (χ4v) is 13.7. The summed E-state index contributed by atoms with van der Waals surface area (Å²) in [5.41, 5.74) is 1.37. The lowest BCUT2D eigenvalue weighted by atomic mass is 9.71. The number of aromatic nitrogens is 1. The van der Waals surface area contributed by atoms with Crippen molar-refractivity contribution in [1.82, 2.24) is 21.3 Å². The second-order valence-corrected chi connectivity index (χ2v) is 19.2. The van der Waals surface area contributed by atoms with Gasteiger partial charge in [0.15, 0.2) is 18.9 Å². The summed E-state index contributed by atoms with van der Waals surface area (Å²) in [7, 11) is 3.19. The Hall–Kier alpha value is -1.70. The Balaban J connectivity index is 1.22. The Morgan fingerprint density at radius 1 is 0.702 bits per heavy atom. The number of nitrogens with one attached hydrogen (secondary N) is 4. The van der Waals surface area contributed by atoms with Crippen molar-refractivity contribution in [2.45, 2.75) is 153 Å². The van der Waals surface area contributed by atoms with Gasteiger partial charge in [-0.2, -0.15) is 0 Å². The van der Waals surface area contributed by atoms with Gasteiger partial charge in [0, 0.05) is 85.8 Å². The van der Waals surface area contributed by atoms with Crippen molar-refractivity contribution in [3.05, 3.63) is 30.1 Å². The molecule has 0 amide bonds. The van der Waals surface area contributed by atoms with Gasteiger partial charge in [0.2, 0.25) is 0 Å². The number of carbonyl (C=O) groups is 1. The van der Waals surface area contributed by atoms with Crippen molar-refractivity contribution in [2.24, 2.45) is 53.3 Å². The lowest BCUT2D eigenvalue weighted by Gasteiger charge is -2.36. The van der Waals surface area contributed by atoms with Crippen LogP contribution in [0.3, 0.4) is 0 Å². The number of nitrogens with zero attached hydrogens (tertiary/aromatic N) is 1. The number of rotatable bonds is 15. The minimum atomic E-state index is -0.316. The van der Waals surface area contributed by atoms with Gasteiger partial charge in [0.25, 0.3) is 0 Å². The number of methoxy groups -OCH3 is 2. The number of carbonyl (C=O) groups excluding carboxylic acids is 1. The Kier molecular flexibility index (Phi) is 14.7. The van der Waals surface area contributed by atoms with Gasteiger partial charge in [-0.05, 0) is 78.6 Å². The van der Waals surface area contributed by atoms with Crippen molar-refractivity contribution in [1.29, 1.82) is 0 Å². The second-order valence-electron chi connectivity index (χ2n) is 19.2. The lowest BCUT2D eigenvalue weighted by molar-refractivity contribution is -0.698. The van der Waals surface area contributed by atoms with E-state index >= 15 is 0 Å². The van der Waals surface area contributed by atoms with E-state index in [0.29, 0.717) is 117 Å². The van der Waals surface area contributed by atoms with Crippen LogP contribution in [0.15, 0.2) is 24.5 Å². The molecule has 6 fully saturated rings. The van der Waals surface area contributed by atoms with Crippen molar-refractivity contribution in [3.8, 4) is 0 Å². The summed E-state index contributed by atoms with van der Waals surface area (Å²) in [6, 6.07) is 7.50. The molecular weight excluding hydrogens is 719 g/mol. The number of esters is 1. The summed E-state index contributed by atoms with van der Waals surface area (Å²) < 4.78 is 24.0. The van der Waals surface area contributed by atoms with Crippen molar-refractivity contribution in [2.75, 3.05) is 47.3 Å². The molecule has 1 saturated carbocycles. The first kappa shape index (κ1) is 43.4. The molecule has 6 heterocycles. The van der Waals surface area contributed by atoms with Gasteiger partial charge in [-0.25, -0.2) is 4.57 Å². The van der Waals surface area contributed by atoms with E-state index < -0.39 is 0 Å². The number of aliphatic hydroxyl groups excluding tert-OH is 1. The molecule has 1 aromatic heterocycles. The highest BCUT2D eigenvalue weighted by atomic mass is 16.5. The fraction of sp³-hybridized carbons (Fsp3) is 0.870. The Labute approximate surface area is 343 Å². The molecule has 8 bridgehead atoms. The minimum Gasteiger partial charge on any atom is -0.469 e. The molecule has 7 rings (SSSR count). The van der Waals surface area contributed by atoms with E-state index in [2.05, 4.69) is 91.9 Å². The molecule has 5 N–H and O–H groups in total. The van der Waals surface area contributed by atoms with E-state index in [9.17, 15) is 9.90 Å². The lowest BCUT2D eigenvalue weighted by Crippen LogP contribution is -2.51. The summed E-state index contributed by atoms with van der Waals surface area (Å²) in [5.74, 6) is 4.05. The second kappa shape index (κ2) is 19.3. The van der Waals surface area contributed by atoms with Crippen LogP contribution in [0.4, 0.5) is 0 Å². The molecule has 11 heteroatoms. The molecule has 6 aliphatic rings. The molecular formula is C46H78N5O6+. The molecule has 0 aromatic carbocycles. The van der Waals surface area contributed by atoms with Gasteiger partial charge >= 0.3 is 5.97 Å². The first-order chi connectivity index (χ1) is 27.6. The number of hydrogen-bond acceptors (Lipinski definition) is 10. The number of aliphatic hydroxyl groups is 1. The van der Waals surface area contributed by atoms with Gasteiger partial charge in [0.05, 0.1) is 39.6 Å². The standard InChI is InChI=1S/C46H78N5O6/c1-9-31-26(3)35-24-38-32(10-2)27(4)43(49-38)42(30-13-15-51(16-14-30)17-18-56-21-22-57-20-19-54-7)44-28(5)33(11-12-40(53)55-8)45(50-44)34-23-39(52)41-29(6)36(48-46(34)41)25-37(31)47-35/h13-16,26-29,31-39,41-50,52H,9-12,17-25H2,1-8H3/q+1/t26?,27?,28-,29?,31?,32?,33-,34?,35?,36?,37?,38?,39?,41?,42?,43?,44?,45?,46?/m0/s1. The maximum Gasteiger partial charge on any atom is 0.305 e. The molecule has 1 aliphatic carbocycles. The molecule has 322 valence electrons. The SMILES string of the molecule is CCC1C2CC3NC4C(CC(O)C4C3C)C3NC(C(c4cc[n+](CCOCCOCCOC)cc4)C4NC(CC(N2)C1C)C(CC)C4C)[C@@H](C)[C@@H]3CCC(=O)OC. The topological polar surface area (TPSA) is 126 Å². The van der Waals surface area contributed by atoms with Crippen LogP contribution in [0.5, 0.6) is 0 Å². The summed E-state index contributed by atoms with van der Waals surface area (Å²) in [6.07, 6.45) is 10.8. The summed E-state index contributed by atoms with van der Waals surface area (Å²) in [4.78, 5) is 12.7. The van der Waals surface area contributed by atoms with Gasteiger partial charge in [-0.15, -0.1) is 0 Å². The van der Waals surface area contributed by atoms with Gasteiger partial charge in [-0.1, -0.05) is 54.4 Å². The van der Waals surface area contributed by atoms with Crippen molar-refractivity contribution >= 4 is 5.97 Å². The van der Waals surface area contributed by atoms with Gasteiger partial charge in [-0.3, -0.25) is 4.79 Å². The monoisotopic (exact) mass is 797 g/mol. The van der Waals surface area contributed by atoms with Crippen LogP contribution in [-0.4, -0.2) is 113 Å². The van der Waals surface area contributed by atoms with Crippen molar-refractivity contribution < 1.29 is 33.4 Å². The molecule has 1 aromatic rings. The Bertz CT molecular complexity index is 1440. The minimum absolute atomic E-state index is 0.131. The van der Waals surface area contributed by atoms with E-state index in [0.717, 1.165) is 32.2 Å². The van der Waals surface area contributed by atoms with Crippen LogP contribution in [0, 0.1) is 53.3 Å². The third-order valence-electron chi connectivity index (χ3n) is 16.7. The van der Waals surface area contributed by atoms with Crippen LogP contribution < -0.4 is 25.8 Å². The Morgan fingerprint density at radius 3 is 1.98 bits per heavy atom. The van der Waals surface area contributed by atoms with E-state index in [-0.39, 0.29) is 42.0 Å². The highest BCUT2D eigenvalue weighted by Gasteiger charge is 2.60. The number of hydrogen-bond donors (Lipinski definition) is 5. The first-order valence-corrected chi connectivity index (χ1v) is 23.0. The third kappa shape index (κ3) is 8.88. The van der Waals surface area contributed by atoms with Gasteiger partial charge in [0.1, 0.15) is 6.61 Å². The molecule has 0 radical (unpaired) electrons. The first-order valence-electron chi connectivity index (χ1n) is 23.0. The van der Waals surface area contributed by atoms with Gasteiger partial charge < -0.3 is 45.3 Å². The molecule has 19 atom stereocenters. The van der Waals surface area contributed by atoms with Crippen LogP contribution in [0.1, 0.15) is 98.0 Å². The third-order valence-corrected chi connectivity index (χ3v) is 16.7. The summed E-state index contributed by atoms with van der Waals surface area (Å²) in [5, 5.41) is 29.1. The highest BCUT2D eigenvalue weighted by molar-refractivity contribution is 5.69. The number of pyridine rings is 1. The molecule has 11 nitrogen and oxygen atoms in total. The zero-order valence-corrected chi connectivity index (χ0v) is 36.4. The van der Waals surface area contributed by atoms with Crippen LogP contribution in [0.2, 0.25) is 0 Å². The predicted molar refractivity (Wildman–Crippen MR) is 222 cm³/mol. The van der Waals surface area contributed by atoms with E-state index in [1.54, 1.807) is 7.11 Å². The molecule has 17 unspecified atom stereocenters. The van der Waals surface area contributed by atoms with Crippen LogP contribution >= 0.6 is 0 Å². The molecule has 5 aliphatic heterocycles. The molecule has 0 spiro atoms.